The minimum Gasteiger partial charge on any atom is -0.459 e. The fraction of sp³-hybridized carbons (Fsp3) is 0.364. The van der Waals surface area contributed by atoms with Crippen LogP contribution in [0.5, 0.6) is 0 Å². The van der Waals surface area contributed by atoms with Gasteiger partial charge in [0, 0.05) is 10.9 Å². The van der Waals surface area contributed by atoms with E-state index >= 15 is 0 Å². The van der Waals surface area contributed by atoms with Crippen LogP contribution in [0.15, 0.2) is 16.5 Å². The van der Waals surface area contributed by atoms with Crippen LogP contribution in [0.1, 0.15) is 29.3 Å². The summed E-state index contributed by atoms with van der Waals surface area (Å²) in [6, 6.07) is 3.92. The lowest BCUT2D eigenvalue weighted by atomic mass is 10.2. The summed E-state index contributed by atoms with van der Waals surface area (Å²) in [6.45, 7) is 5.88. The third kappa shape index (κ3) is 1.96. The molecule has 0 saturated carbocycles. The van der Waals surface area contributed by atoms with Crippen LogP contribution < -0.4 is 5.73 Å². The Bertz CT molecular complexity index is 471. The van der Waals surface area contributed by atoms with Gasteiger partial charge in [0.15, 0.2) is 10.8 Å². The van der Waals surface area contributed by atoms with E-state index in [1.54, 1.807) is 11.3 Å². The SMILES string of the molecule is Cc1ccc(-c2nc(C)c(C(C)N)s2)o1. The monoisotopic (exact) mass is 222 g/mol. The maximum absolute atomic E-state index is 5.85. The van der Waals surface area contributed by atoms with E-state index in [-0.39, 0.29) is 6.04 Å². The molecule has 0 fully saturated rings. The standard InChI is InChI=1S/C11H14N2OS/c1-6-4-5-9(14-6)11-13-8(3)10(15-11)7(2)12/h4-5,7H,12H2,1-3H3. The molecular weight excluding hydrogens is 208 g/mol. The van der Waals surface area contributed by atoms with Gasteiger partial charge in [-0.1, -0.05) is 0 Å². The van der Waals surface area contributed by atoms with E-state index in [0.29, 0.717) is 0 Å². The Morgan fingerprint density at radius 2 is 2.13 bits per heavy atom. The molecule has 0 saturated heterocycles. The van der Waals surface area contributed by atoms with E-state index in [1.807, 2.05) is 32.9 Å². The molecule has 1 unspecified atom stereocenters. The summed E-state index contributed by atoms with van der Waals surface area (Å²) < 4.78 is 5.52. The van der Waals surface area contributed by atoms with Crippen LogP contribution in [0.2, 0.25) is 0 Å². The van der Waals surface area contributed by atoms with Crippen molar-refractivity contribution in [3.05, 3.63) is 28.5 Å². The van der Waals surface area contributed by atoms with E-state index in [1.165, 1.54) is 0 Å². The molecule has 2 heterocycles. The van der Waals surface area contributed by atoms with Gasteiger partial charge in [0.05, 0.1) is 5.69 Å². The fourth-order valence-electron chi connectivity index (χ4n) is 1.49. The number of nitrogens with zero attached hydrogens (tertiary/aromatic N) is 1. The van der Waals surface area contributed by atoms with Crippen molar-refractivity contribution < 1.29 is 4.42 Å². The number of hydrogen-bond acceptors (Lipinski definition) is 4. The van der Waals surface area contributed by atoms with E-state index < -0.39 is 0 Å². The average molecular weight is 222 g/mol. The fourth-order valence-corrected chi connectivity index (χ4v) is 2.47. The molecule has 2 aromatic rings. The second-order valence-corrected chi connectivity index (χ2v) is 4.70. The van der Waals surface area contributed by atoms with Gasteiger partial charge in [0.25, 0.3) is 0 Å². The van der Waals surface area contributed by atoms with Crippen molar-refractivity contribution in [1.29, 1.82) is 0 Å². The molecule has 0 bridgehead atoms. The molecule has 4 heteroatoms. The molecule has 0 spiro atoms. The Labute approximate surface area is 92.9 Å². The number of nitrogens with two attached hydrogens (primary N) is 1. The van der Waals surface area contributed by atoms with Crippen molar-refractivity contribution in [2.75, 3.05) is 0 Å². The number of aromatic nitrogens is 1. The van der Waals surface area contributed by atoms with Crippen LogP contribution >= 0.6 is 11.3 Å². The van der Waals surface area contributed by atoms with Crippen molar-refractivity contribution in [2.24, 2.45) is 5.73 Å². The molecule has 3 nitrogen and oxygen atoms in total. The van der Waals surface area contributed by atoms with Gasteiger partial charge in [-0.05, 0) is 32.9 Å². The van der Waals surface area contributed by atoms with Crippen LogP contribution in [-0.2, 0) is 0 Å². The zero-order valence-electron chi connectivity index (χ0n) is 9.07. The Hall–Kier alpha value is -1.13. The van der Waals surface area contributed by atoms with Crippen LogP contribution in [0.4, 0.5) is 0 Å². The number of thiazole rings is 1. The summed E-state index contributed by atoms with van der Waals surface area (Å²) in [5.74, 6) is 1.73. The van der Waals surface area contributed by atoms with E-state index in [2.05, 4.69) is 4.98 Å². The summed E-state index contributed by atoms with van der Waals surface area (Å²) in [5.41, 5.74) is 6.85. The molecule has 2 aromatic heterocycles. The lowest BCUT2D eigenvalue weighted by Crippen LogP contribution is -2.03. The third-order valence-corrected chi connectivity index (χ3v) is 3.57. The molecule has 15 heavy (non-hydrogen) atoms. The first kappa shape index (κ1) is 10.4. The highest BCUT2D eigenvalue weighted by Crippen LogP contribution is 2.31. The minimum atomic E-state index is 0.0345. The molecule has 0 amide bonds. The summed E-state index contributed by atoms with van der Waals surface area (Å²) in [4.78, 5) is 5.58. The highest BCUT2D eigenvalue weighted by Gasteiger charge is 2.14. The lowest BCUT2D eigenvalue weighted by molar-refractivity contribution is 0.548. The molecule has 0 aliphatic carbocycles. The van der Waals surface area contributed by atoms with Gasteiger partial charge in [0.1, 0.15) is 5.76 Å². The first-order chi connectivity index (χ1) is 7.08. The quantitative estimate of drug-likeness (QED) is 0.849. The topological polar surface area (TPSA) is 52.0 Å². The van der Waals surface area contributed by atoms with Gasteiger partial charge in [0.2, 0.25) is 0 Å². The molecule has 0 radical (unpaired) electrons. The van der Waals surface area contributed by atoms with E-state index in [9.17, 15) is 0 Å². The first-order valence-electron chi connectivity index (χ1n) is 4.87. The number of furan rings is 1. The predicted molar refractivity (Wildman–Crippen MR) is 61.9 cm³/mol. The Kier molecular flexibility index (Phi) is 2.63. The molecule has 0 aliphatic heterocycles. The third-order valence-electron chi connectivity index (χ3n) is 2.20. The van der Waals surface area contributed by atoms with Gasteiger partial charge >= 0.3 is 0 Å². The highest BCUT2D eigenvalue weighted by atomic mass is 32.1. The number of hydrogen-bond donors (Lipinski definition) is 1. The van der Waals surface area contributed by atoms with E-state index in [4.69, 9.17) is 10.2 Å². The van der Waals surface area contributed by atoms with Gasteiger partial charge in [-0.3, -0.25) is 0 Å². The van der Waals surface area contributed by atoms with Crippen LogP contribution in [0.25, 0.3) is 10.8 Å². The van der Waals surface area contributed by atoms with Crippen molar-refractivity contribution >= 4 is 11.3 Å². The summed E-state index contributed by atoms with van der Waals surface area (Å²) in [7, 11) is 0. The average Bonchev–Trinajstić information content (AvgIpc) is 2.71. The molecule has 2 rings (SSSR count). The second-order valence-electron chi connectivity index (χ2n) is 3.67. The number of rotatable bonds is 2. The van der Waals surface area contributed by atoms with Gasteiger partial charge in [-0.2, -0.15) is 0 Å². The zero-order valence-corrected chi connectivity index (χ0v) is 9.89. The Morgan fingerprint density at radius 1 is 1.40 bits per heavy atom. The van der Waals surface area contributed by atoms with Crippen LogP contribution in [0.3, 0.4) is 0 Å². The summed E-state index contributed by atoms with van der Waals surface area (Å²) >= 11 is 1.60. The van der Waals surface area contributed by atoms with Crippen molar-refractivity contribution in [3.8, 4) is 10.8 Å². The highest BCUT2D eigenvalue weighted by molar-refractivity contribution is 7.15. The molecule has 2 N–H and O–H groups in total. The van der Waals surface area contributed by atoms with Crippen LogP contribution in [-0.4, -0.2) is 4.98 Å². The van der Waals surface area contributed by atoms with Crippen molar-refractivity contribution in [3.63, 3.8) is 0 Å². The maximum atomic E-state index is 5.85. The predicted octanol–water partition coefficient (Wildman–Crippen LogP) is 3.04. The second kappa shape index (κ2) is 3.79. The van der Waals surface area contributed by atoms with Crippen molar-refractivity contribution in [1.82, 2.24) is 4.98 Å². The number of aryl methyl sites for hydroxylation is 2. The molecule has 0 aromatic carbocycles. The largest absolute Gasteiger partial charge is 0.459 e. The summed E-state index contributed by atoms with van der Waals surface area (Å²) in [6.07, 6.45) is 0. The van der Waals surface area contributed by atoms with Gasteiger partial charge in [-0.15, -0.1) is 11.3 Å². The molecular formula is C11H14N2OS. The van der Waals surface area contributed by atoms with Gasteiger partial charge < -0.3 is 10.2 Å². The zero-order chi connectivity index (χ0) is 11.0. The molecule has 80 valence electrons. The minimum absolute atomic E-state index is 0.0345. The first-order valence-corrected chi connectivity index (χ1v) is 5.69. The van der Waals surface area contributed by atoms with Crippen molar-refractivity contribution in [2.45, 2.75) is 26.8 Å². The normalized spacial score (nSPS) is 13.1. The smallest absolute Gasteiger partial charge is 0.162 e. The summed E-state index contributed by atoms with van der Waals surface area (Å²) in [5, 5.41) is 0.910. The lowest BCUT2D eigenvalue weighted by Gasteiger charge is -1.99. The van der Waals surface area contributed by atoms with Gasteiger partial charge in [-0.25, -0.2) is 4.98 Å². The molecule has 0 aliphatic rings. The maximum Gasteiger partial charge on any atom is 0.162 e. The molecule has 1 atom stereocenters. The Morgan fingerprint density at radius 3 is 2.60 bits per heavy atom. The Balaban J connectivity index is 2.42. The van der Waals surface area contributed by atoms with Crippen LogP contribution in [0, 0.1) is 13.8 Å². The van der Waals surface area contributed by atoms with E-state index in [0.717, 1.165) is 27.1 Å².